The minimum atomic E-state index is 0.836. The summed E-state index contributed by atoms with van der Waals surface area (Å²) in [7, 11) is 0. The molecule has 2 aromatic heterocycles. The molecule has 0 amide bonds. The zero-order valence-electron chi connectivity index (χ0n) is 29.8. The smallest absolute Gasteiger partial charge is 0.137 e. The lowest BCUT2D eigenvalue weighted by molar-refractivity contribution is 0.669. The van der Waals surface area contributed by atoms with Gasteiger partial charge in [-0.05, 0) is 92.7 Å². The Kier molecular flexibility index (Phi) is 7.17. The van der Waals surface area contributed by atoms with E-state index in [1.165, 1.54) is 33.0 Å². The summed E-state index contributed by atoms with van der Waals surface area (Å²) in [6.07, 6.45) is 0. The van der Waals surface area contributed by atoms with Crippen LogP contribution >= 0.6 is 0 Å². The van der Waals surface area contributed by atoms with Crippen molar-refractivity contribution in [3.8, 4) is 33.4 Å². The van der Waals surface area contributed by atoms with Crippen molar-refractivity contribution in [1.29, 1.82) is 0 Å². The molecule has 0 radical (unpaired) electrons. The van der Waals surface area contributed by atoms with Gasteiger partial charge in [-0.15, -0.1) is 0 Å². The zero-order chi connectivity index (χ0) is 36.3. The Hall–Kier alpha value is -7.36. The predicted molar refractivity (Wildman–Crippen MR) is 229 cm³/mol. The molecule has 9 aromatic carbocycles. The number of para-hydroxylation sites is 1. The number of furan rings is 2. The highest BCUT2D eigenvalue weighted by Gasteiger charge is 2.20. The number of benzene rings is 9. The van der Waals surface area contributed by atoms with Crippen molar-refractivity contribution in [1.82, 2.24) is 0 Å². The van der Waals surface area contributed by atoms with Crippen LogP contribution in [-0.4, -0.2) is 0 Å². The first kappa shape index (κ1) is 31.2. The third-order valence-corrected chi connectivity index (χ3v) is 10.9. The first-order valence-electron chi connectivity index (χ1n) is 18.7. The molecule has 0 unspecified atom stereocenters. The van der Waals surface area contributed by atoms with Crippen molar-refractivity contribution in [2.45, 2.75) is 0 Å². The lowest BCUT2D eigenvalue weighted by atomic mass is 9.94. The van der Waals surface area contributed by atoms with Gasteiger partial charge in [0, 0.05) is 50.7 Å². The molecule has 0 aliphatic rings. The number of hydrogen-bond donors (Lipinski definition) is 0. The SMILES string of the molecule is c1ccc(-c2ccccc2-c2cccc(N(c3ccc4c(c3)oc3ccccc34)c3ccc4c(c3)oc3cc(-c5ccccc5)c5ccccc5c34)c2)cc1. The summed E-state index contributed by atoms with van der Waals surface area (Å²) in [5.74, 6) is 0. The van der Waals surface area contributed by atoms with E-state index in [9.17, 15) is 0 Å². The second-order valence-electron chi connectivity index (χ2n) is 14.1. The molecule has 2 heterocycles. The molecule has 0 atom stereocenters. The van der Waals surface area contributed by atoms with Crippen LogP contribution in [-0.2, 0) is 0 Å². The molecular weight excluding hydrogens is 671 g/mol. The van der Waals surface area contributed by atoms with Gasteiger partial charge < -0.3 is 13.7 Å². The lowest BCUT2D eigenvalue weighted by Gasteiger charge is -2.26. The van der Waals surface area contributed by atoms with Crippen molar-refractivity contribution in [3.05, 3.63) is 200 Å². The molecule has 11 rings (SSSR count). The third-order valence-electron chi connectivity index (χ3n) is 10.9. The Labute approximate surface area is 317 Å². The van der Waals surface area contributed by atoms with Crippen LogP contribution in [0, 0.1) is 0 Å². The Bertz CT molecular complexity index is 3210. The zero-order valence-corrected chi connectivity index (χ0v) is 29.8. The molecule has 11 aromatic rings. The molecule has 0 spiro atoms. The Balaban J connectivity index is 1.12. The van der Waals surface area contributed by atoms with Gasteiger partial charge in [0.15, 0.2) is 0 Å². The van der Waals surface area contributed by atoms with Gasteiger partial charge >= 0.3 is 0 Å². The topological polar surface area (TPSA) is 29.5 Å². The van der Waals surface area contributed by atoms with Crippen LogP contribution < -0.4 is 4.90 Å². The third kappa shape index (κ3) is 5.20. The van der Waals surface area contributed by atoms with E-state index < -0.39 is 0 Å². The van der Waals surface area contributed by atoms with E-state index in [0.29, 0.717) is 0 Å². The quantitative estimate of drug-likeness (QED) is 0.173. The van der Waals surface area contributed by atoms with Crippen molar-refractivity contribution < 1.29 is 8.83 Å². The van der Waals surface area contributed by atoms with Crippen LogP contribution in [0.15, 0.2) is 209 Å². The van der Waals surface area contributed by atoms with Gasteiger partial charge in [0.05, 0.1) is 0 Å². The molecule has 3 nitrogen and oxygen atoms in total. The monoisotopic (exact) mass is 703 g/mol. The van der Waals surface area contributed by atoms with Crippen LogP contribution in [0.1, 0.15) is 0 Å². The van der Waals surface area contributed by atoms with Crippen LogP contribution in [0.2, 0.25) is 0 Å². The number of rotatable bonds is 6. The molecule has 0 aliphatic heterocycles. The fourth-order valence-electron chi connectivity index (χ4n) is 8.34. The fraction of sp³-hybridized carbons (Fsp3) is 0. The van der Waals surface area contributed by atoms with E-state index in [0.717, 1.165) is 72.1 Å². The second-order valence-corrected chi connectivity index (χ2v) is 14.1. The summed E-state index contributed by atoms with van der Waals surface area (Å²) < 4.78 is 13.2. The minimum Gasteiger partial charge on any atom is -0.456 e. The first-order valence-corrected chi connectivity index (χ1v) is 18.7. The number of nitrogens with zero attached hydrogens (tertiary/aromatic N) is 1. The Morgan fingerprint density at radius 3 is 1.53 bits per heavy atom. The van der Waals surface area contributed by atoms with Gasteiger partial charge in [0.25, 0.3) is 0 Å². The van der Waals surface area contributed by atoms with E-state index >= 15 is 0 Å². The van der Waals surface area contributed by atoms with E-state index in [1.807, 2.05) is 12.1 Å². The summed E-state index contributed by atoms with van der Waals surface area (Å²) in [5.41, 5.74) is 13.5. The lowest BCUT2D eigenvalue weighted by Crippen LogP contribution is -2.10. The number of hydrogen-bond acceptors (Lipinski definition) is 3. The maximum absolute atomic E-state index is 6.81. The molecular formula is C52H33NO2. The fourth-order valence-corrected chi connectivity index (χ4v) is 8.34. The average Bonchev–Trinajstić information content (AvgIpc) is 3.82. The van der Waals surface area contributed by atoms with Crippen molar-refractivity contribution in [3.63, 3.8) is 0 Å². The largest absolute Gasteiger partial charge is 0.456 e. The van der Waals surface area contributed by atoms with E-state index in [1.54, 1.807) is 0 Å². The Morgan fingerprint density at radius 2 is 0.782 bits per heavy atom. The molecule has 0 fully saturated rings. The van der Waals surface area contributed by atoms with E-state index in [-0.39, 0.29) is 0 Å². The van der Waals surface area contributed by atoms with E-state index in [4.69, 9.17) is 8.83 Å². The highest BCUT2D eigenvalue weighted by Crippen LogP contribution is 2.45. The summed E-state index contributed by atoms with van der Waals surface area (Å²) in [5, 5.41) is 6.82. The molecule has 0 aliphatic carbocycles. The minimum absolute atomic E-state index is 0.836. The first-order chi connectivity index (χ1) is 27.3. The summed E-state index contributed by atoms with van der Waals surface area (Å²) in [6.45, 7) is 0. The molecule has 0 bridgehead atoms. The molecule has 0 saturated heterocycles. The maximum Gasteiger partial charge on any atom is 0.137 e. The van der Waals surface area contributed by atoms with Gasteiger partial charge in [0.2, 0.25) is 0 Å². The predicted octanol–water partition coefficient (Wildman–Crippen LogP) is 15.1. The molecule has 258 valence electrons. The average molecular weight is 704 g/mol. The summed E-state index contributed by atoms with van der Waals surface area (Å²) >= 11 is 0. The van der Waals surface area contributed by atoms with Gasteiger partial charge in [0.1, 0.15) is 22.3 Å². The van der Waals surface area contributed by atoms with Crippen molar-refractivity contribution >= 4 is 71.7 Å². The van der Waals surface area contributed by atoms with Crippen LogP contribution in [0.4, 0.5) is 17.1 Å². The van der Waals surface area contributed by atoms with E-state index in [2.05, 4.69) is 193 Å². The highest BCUT2D eigenvalue weighted by atomic mass is 16.3. The van der Waals surface area contributed by atoms with Crippen molar-refractivity contribution in [2.75, 3.05) is 4.90 Å². The highest BCUT2D eigenvalue weighted by molar-refractivity contribution is 6.22. The summed E-state index contributed by atoms with van der Waals surface area (Å²) in [4.78, 5) is 2.31. The maximum atomic E-state index is 6.81. The molecule has 3 heteroatoms. The van der Waals surface area contributed by atoms with Gasteiger partial charge in [-0.1, -0.05) is 140 Å². The summed E-state index contributed by atoms with van der Waals surface area (Å²) in [6, 6.07) is 70.8. The Morgan fingerprint density at radius 1 is 0.273 bits per heavy atom. The molecule has 55 heavy (non-hydrogen) atoms. The van der Waals surface area contributed by atoms with Crippen LogP contribution in [0.3, 0.4) is 0 Å². The normalized spacial score (nSPS) is 11.6. The van der Waals surface area contributed by atoms with Gasteiger partial charge in [-0.3, -0.25) is 0 Å². The standard InChI is InChI=1S/C52H33NO2/c1-3-14-34(15-4-1)40-20-7-8-21-41(40)36-18-13-19-37(30-36)53(38-26-28-44-43-23-11-12-25-48(43)54-49(44)31-38)39-27-29-46-50(32-39)55-51-33-47(35-16-5-2-6-17-35)42-22-9-10-24-45(42)52(46)51/h1-33H. The number of anilines is 3. The second kappa shape index (κ2) is 12.6. The number of fused-ring (bicyclic) bond motifs is 8. The molecule has 0 N–H and O–H groups in total. The van der Waals surface area contributed by atoms with Crippen molar-refractivity contribution in [2.24, 2.45) is 0 Å². The van der Waals surface area contributed by atoms with Crippen LogP contribution in [0.25, 0.3) is 88.0 Å². The van der Waals surface area contributed by atoms with Crippen LogP contribution in [0.5, 0.6) is 0 Å². The molecule has 0 saturated carbocycles. The van der Waals surface area contributed by atoms with Gasteiger partial charge in [-0.25, -0.2) is 0 Å². The van der Waals surface area contributed by atoms with Gasteiger partial charge in [-0.2, -0.15) is 0 Å².